The van der Waals surface area contributed by atoms with Crippen molar-refractivity contribution in [3.8, 4) is 0 Å². The number of rotatable bonds is 0. The summed E-state index contributed by atoms with van der Waals surface area (Å²) in [6.07, 6.45) is 3.17. The first kappa shape index (κ1) is 63.0. The van der Waals surface area contributed by atoms with Gasteiger partial charge in [-0.05, 0) is 0 Å². The standard InChI is InChI=1S/2CH4S.2Fe.4NO/c2*1-2;;;4*1-2/h2*2H,1H3;;;;;;/q;;;;4*+1/p-2. The van der Waals surface area contributed by atoms with Gasteiger partial charge in [-0.1, -0.05) is 0 Å². The minimum atomic E-state index is 0. The summed E-state index contributed by atoms with van der Waals surface area (Å²) in [4.78, 5) is 0. The van der Waals surface area contributed by atoms with Crippen molar-refractivity contribution in [1.82, 2.24) is 0 Å². The van der Waals surface area contributed by atoms with Crippen LogP contribution in [0.15, 0.2) is 0 Å². The van der Waals surface area contributed by atoms with Gasteiger partial charge < -0.3 is 25.3 Å². The molecule has 0 aromatic heterocycles. The number of hydrogen-bond acceptors (Lipinski definition) is 6. The Morgan fingerprint density at radius 2 is 0.500 bits per heavy atom. The van der Waals surface area contributed by atoms with Crippen LogP contribution >= 0.6 is 0 Å². The molecule has 0 saturated heterocycles. The van der Waals surface area contributed by atoms with E-state index >= 15 is 0 Å². The van der Waals surface area contributed by atoms with E-state index in [4.69, 9.17) is 40.9 Å². The van der Waals surface area contributed by atoms with Crippen LogP contribution in [0.25, 0.3) is 0 Å². The molecule has 0 aliphatic heterocycles. The second-order valence-electron chi connectivity index (χ2n) is 0. The van der Waals surface area contributed by atoms with Crippen LogP contribution in [0.1, 0.15) is 0 Å². The Labute approximate surface area is 113 Å². The first-order chi connectivity index (χ1) is 6.00. The van der Waals surface area contributed by atoms with E-state index < -0.39 is 0 Å². The molecule has 0 saturated carbocycles. The zero-order valence-corrected chi connectivity index (χ0v) is 10.8. The smallest absolute Gasteiger partial charge is 0 e. The molecule has 0 unspecified atom stereocenters. The maximum Gasteiger partial charge on any atom is 0 e. The Morgan fingerprint density at radius 1 is 0.500 bits per heavy atom. The van der Waals surface area contributed by atoms with Crippen molar-refractivity contribution in [3.63, 3.8) is 0 Å². The molecule has 0 fully saturated rings. The van der Waals surface area contributed by atoms with E-state index in [1.54, 1.807) is 12.5 Å². The third-order valence-electron chi connectivity index (χ3n) is 0. The molecule has 0 aromatic rings. The zero-order valence-electron chi connectivity index (χ0n) is 6.95. The van der Waals surface area contributed by atoms with Crippen molar-refractivity contribution < 1.29 is 53.2 Å². The average molecular weight is 326 g/mol. The number of nitrogens with zero attached hydrogens (tertiary/aromatic N) is 4. The topological polar surface area (TPSA) is 175 Å². The summed E-state index contributed by atoms with van der Waals surface area (Å²) in [5, 5.41) is 0. The van der Waals surface area contributed by atoms with E-state index in [1.165, 1.54) is 0 Å². The molecule has 0 radical (unpaired) electrons. The molecule has 0 aliphatic rings. The largest absolute Gasteiger partial charge is 0 e. The fraction of sp³-hybridized carbons (Fsp3) is 1.00. The molecule has 0 atom stereocenters. The Morgan fingerprint density at radius 3 is 0.500 bits per heavy atom. The number of hydrogen-bond donors (Lipinski definition) is 0. The Balaban J connectivity index is -0.00000000500. The maximum absolute atomic E-state index is 7.25. The molecule has 12 heteroatoms. The fourth-order valence-electron chi connectivity index (χ4n) is 0. The van der Waals surface area contributed by atoms with Gasteiger partial charge in [-0.2, -0.15) is 12.5 Å². The van der Waals surface area contributed by atoms with E-state index in [-0.39, 0.29) is 34.1 Å². The molecule has 0 amide bonds. The third-order valence-corrected chi connectivity index (χ3v) is 0. The quantitative estimate of drug-likeness (QED) is 0.341. The summed E-state index contributed by atoms with van der Waals surface area (Å²) in [6, 6.07) is 0. The molecule has 14 heavy (non-hydrogen) atoms. The SMILES string of the molecule is C[S-].C[S-].N#[O+].N#[O+].N#[O+].N#[O+].[Fe].[Fe]. The monoisotopic (exact) mass is 326 g/mol. The van der Waals surface area contributed by atoms with Crippen molar-refractivity contribution >= 4 is 25.3 Å². The van der Waals surface area contributed by atoms with Crippen LogP contribution < -0.4 is 0 Å². The second-order valence-corrected chi connectivity index (χ2v) is 0. The predicted octanol–water partition coefficient (Wildman–Crippen LogP) is -0.0937. The second kappa shape index (κ2) is 11800. The van der Waals surface area contributed by atoms with E-state index in [9.17, 15) is 0 Å². The summed E-state index contributed by atoms with van der Waals surface area (Å²) in [7, 11) is 0. The molecular formula is C2H6Fe2N4O4S2+2. The van der Waals surface area contributed by atoms with E-state index in [2.05, 4.69) is 25.3 Å². The van der Waals surface area contributed by atoms with Crippen molar-refractivity contribution in [2.45, 2.75) is 0 Å². The minimum absolute atomic E-state index is 0. The van der Waals surface area contributed by atoms with Crippen molar-refractivity contribution in [2.75, 3.05) is 12.5 Å². The predicted molar refractivity (Wildman–Crippen MR) is 36.2 cm³/mol. The Hall–Kier alpha value is 0.419. The van der Waals surface area contributed by atoms with Crippen LogP contribution in [0.3, 0.4) is 0 Å². The molecule has 0 N–H and O–H groups in total. The molecule has 8 nitrogen and oxygen atoms in total. The van der Waals surface area contributed by atoms with Gasteiger partial charge in [0.1, 0.15) is 0 Å². The van der Waals surface area contributed by atoms with Gasteiger partial charge in [0.15, 0.2) is 0 Å². The minimum Gasteiger partial charge on any atom is 0 e. The van der Waals surface area contributed by atoms with E-state index in [1.807, 2.05) is 0 Å². The zero-order chi connectivity index (χ0) is 12.0. The molecule has 0 bridgehead atoms. The van der Waals surface area contributed by atoms with Crippen LogP contribution in [0.5, 0.6) is 0 Å². The molecule has 0 heterocycles. The van der Waals surface area contributed by atoms with Gasteiger partial charge in [-0.25, -0.2) is 0 Å². The summed E-state index contributed by atoms with van der Waals surface area (Å²) in [5.41, 5.74) is 23.0. The molecule has 0 rings (SSSR count). The van der Waals surface area contributed by atoms with Gasteiger partial charge >= 0.3 is 40.9 Å². The fourth-order valence-corrected chi connectivity index (χ4v) is 0. The van der Waals surface area contributed by atoms with Gasteiger partial charge in [-0.15, -0.1) is 0 Å². The molecule has 84 valence electrons. The molecule has 0 spiro atoms. The Bertz CT molecular complexity index is 74.3. The van der Waals surface area contributed by atoms with Crippen molar-refractivity contribution in [3.05, 3.63) is 0 Å². The van der Waals surface area contributed by atoms with Crippen molar-refractivity contribution in [1.29, 1.82) is 21.8 Å². The average Bonchev–Trinajstić information content (AvgIpc) is 2.33. The van der Waals surface area contributed by atoms with Crippen LogP contribution in [-0.2, 0) is 78.5 Å². The van der Waals surface area contributed by atoms with Crippen LogP contribution in [0, 0.1) is 21.8 Å². The summed E-state index contributed by atoms with van der Waals surface area (Å²) < 4.78 is 29.0. The summed E-state index contributed by atoms with van der Waals surface area (Å²) in [5.74, 6) is 0. The van der Waals surface area contributed by atoms with Gasteiger partial charge in [0.25, 0.3) is 0 Å². The summed E-state index contributed by atoms with van der Waals surface area (Å²) in [6.45, 7) is 0. The van der Waals surface area contributed by atoms with Gasteiger partial charge in [0, 0.05) is 34.1 Å². The normalized spacial score (nSPS) is 1.43. The molecule has 0 aliphatic carbocycles. The van der Waals surface area contributed by atoms with Crippen LogP contribution in [0.2, 0.25) is 0 Å². The Kier molecular flexibility index (Phi) is 53100. The van der Waals surface area contributed by atoms with Crippen LogP contribution in [0.4, 0.5) is 0 Å². The van der Waals surface area contributed by atoms with E-state index in [0.717, 1.165) is 0 Å². The molecular weight excluding hydrogens is 320 g/mol. The van der Waals surface area contributed by atoms with Gasteiger partial charge in [-0.3, -0.25) is 0 Å². The van der Waals surface area contributed by atoms with E-state index in [0.29, 0.717) is 0 Å². The van der Waals surface area contributed by atoms with Crippen LogP contribution in [-0.4, -0.2) is 12.5 Å². The van der Waals surface area contributed by atoms with Gasteiger partial charge in [0.05, 0.1) is 0 Å². The maximum atomic E-state index is 7.25. The summed E-state index contributed by atoms with van der Waals surface area (Å²) >= 11 is 8.17. The third kappa shape index (κ3) is 9230. The first-order valence-electron chi connectivity index (χ1n) is 1.55. The first-order valence-corrected chi connectivity index (χ1v) is 3.18. The van der Waals surface area contributed by atoms with Crippen molar-refractivity contribution in [2.24, 2.45) is 0 Å². The van der Waals surface area contributed by atoms with Gasteiger partial charge in [0.2, 0.25) is 0 Å². The molecule has 0 aromatic carbocycles.